The number of rotatable bonds is 1. The molecule has 1 heterocycles. The van der Waals surface area contributed by atoms with Crippen LogP contribution < -0.4 is 0 Å². The Morgan fingerprint density at radius 2 is 2.06 bits per heavy atom. The van der Waals surface area contributed by atoms with Crippen molar-refractivity contribution in [2.24, 2.45) is 5.41 Å². The lowest BCUT2D eigenvalue weighted by molar-refractivity contribution is 0.540. The summed E-state index contributed by atoms with van der Waals surface area (Å²) in [5.74, 6) is 0.392. The Morgan fingerprint density at radius 1 is 1.35 bits per heavy atom. The summed E-state index contributed by atoms with van der Waals surface area (Å²) < 4.78 is 5.57. The van der Waals surface area contributed by atoms with Crippen molar-refractivity contribution in [2.75, 3.05) is 0 Å². The molecule has 2 aromatic rings. The molecule has 86 valence electrons. The first-order valence-corrected chi connectivity index (χ1v) is 5.48. The van der Waals surface area contributed by atoms with Crippen molar-refractivity contribution in [1.82, 2.24) is 4.98 Å². The summed E-state index contributed by atoms with van der Waals surface area (Å²) >= 11 is 0. The molecule has 1 aromatic carbocycles. The number of aromatic nitrogens is 1. The molecule has 0 saturated heterocycles. The van der Waals surface area contributed by atoms with Crippen LogP contribution in [0, 0.1) is 16.7 Å². The third-order valence-electron chi connectivity index (χ3n) is 2.22. The van der Waals surface area contributed by atoms with Crippen LogP contribution in [-0.4, -0.2) is 4.98 Å². The molecular formula is C14H14N2O. The van der Waals surface area contributed by atoms with E-state index in [1.54, 1.807) is 0 Å². The van der Waals surface area contributed by atoms with Gasteiger partial charge in [0.15, 0.2) is 5.58 Å². The molecule has 0 spiro atoms. The minimum atomic E-state index is -0.0777. The van der Waals surface area contributed by atoms with Gasteiger partial charge in [0.25, 0.3) is 0 Å². The van der Waals surface area contributed by atoms with Crippen molar-refractivity contribution < 1.29 is 4.42 Å². The first-order valence-electron chi connectivity index (χ1n) is 5.48. The van der Waals surface area contributed by atoms with Crippen LogP contribution in [0.4, 0.5) is 0 Å². The van der Waals surface area contributed by atoms with Gasteiger partial charge in [0, 0.05) is 0 Å². The highest BCUT2D eigenvalue weighted by molar-refractivity contribution is 5.79. The summed E-state index contributed by atoms with van der Waals surface area (Å²) in [5, 5.41) is 9.15. The van der Waals surface area contributed by atoms with Gasteiger partial charge in [0.05, 0.1) is 0 Å². The molecule has 3 heteroatoms. The molecule has 2 rings (SSSR count). The summed E-state index contributed by atoms with van der Waals surface area (Å²) in [6.07, 6.45) is 1.87. The molecule has 3 nitrogen and oxygen atoms in total. The molecule has 0 aliphatic carbocycles. The van der Waals surface area contributed by atoms with Gasteiger partial charge in [0.1, 0.15) is 17.2 Å². The summed E-state index contributed by atoms with van der Waals surface area (Å²) in [7, 11) is 0. The third-order valence-corrected chi connectivity index (χ3v) is 2.22. The smallest absolute Gasteiger partial charge is 0.237 e. The molecule has 1 aromatic heterocycles. The second kappa shape index (κ2) is 4.06. The van der Waals surface area contributed by atoms with E-state index < -0.39 is 0 Å². The average molecular weight is 226 g/mol. The zero-order chi connectivity index (χ0) is 12.5. The van der Waals surface area contributed by atoms with E-state index in [0.29, 0.717) is 17.0 Å². The fraction of sp³-hybridized carbons (Fsp3) is 0.286. The van der Waals surface area contributed by atoms with Gasteiger partial charge in [-0.3, -0.25) is 0 Å². The van der Waals surface area contributed by atoms with Crippen LogP contribution in [0.1, 0.15) is 26.7 Å². The monoisotopic (exact) mass is 226 g/mol. The number of fused-ring (bicyclic) bond motifs is 1. The van der Waals surface area contributed by atoms with Gasteiger partial charge < -0.3 is 4.42 Å². The lowest BCUT2D eigenvalue weighted by Gasteiger charge is -2.11. The predicted octanol–water partition coefficient (Wildman–Crippen LogP) is 3.78. The Labute approximate surface area is 100 Å². The zero-order valence-electron chi connectivity index (χ0n) is 10.2. The van der Waals surface area contributed by atoms with E-state index in [1.807, 2.05) is 51.1 Å². The van der Waals surface area contributed by atoms with Crippen LogP contribution >= 0.6 is 0 Å². The highest BCUT2D eigenvalue weighted by atomic mass is 16.3. The summed E-state index contributed by atoms with van der Waals surface area (Å²) in [6.45, 7) is 6.10. The van der Waals surface area contributed by atoms with Crippen molar-refractivity contribution in [3.63, 3.8) is 0 Å². The third kappa shape index (κ3) is 2.54. The van der Waals surface area contributed by atoms with Gasteiger partial charge in [-0.2, -0.15) is 5.26 Å². The maximum Gasteiger partial charge on any atom is 0.237 e. The molecule has 0 unspecified atom stereocenters. The molecule has 17 heavy (non-hydrogen) atoms. The number of hydrogen-bond acceptors (Lipinski definition) is 3. The number of allylic oxidation sites excluding steroid dienone is 2. The van der Waals surface area contributed by atoms with Gasteiger partial charge in [-0.15, -0.1) is 0 Å². The van der Waals surface area contributed by atoms with E-state index in [4.69, 9.17) is 9.68 Å². The largest absolute Gasteiger partial charge is 0.435 e. The fourth-order valence-corrected chi connectivity index (χ4v) is 1.56. The first-order chi connectivity index (χ1) is 7.99. The van der Waals surface area contributed by atoms with Crippen LogP contribution in [0.3, 0.4) is 0 Å². The fourth-order valence-electron chi connectivity index (χ4n) is 1.56. The topological polar surface area (TPSA) is 49.8 Å². The quantitative estimate of drug-likeness (QED) is 0.695. The van der Waals surface area contributed by atoms with E-state index in [9.17, 15) is 0 Å². The van der Waals surface area contributed by atoms with Gasteiger partial charge >= 0.3 is 0 Å². The zero-order valence-corrected chi connectivity index (χ0v) is 10.2. The molecule has 0 amide bonds. The summed E-state index contributed by atoms with van der Waals surface area (Å²) in [6, 6.07) is 9.64. The lowest BCUT2D eigenvalue weighted by Crippen LogP contribution is -2.00. The van der Waals surface area contributed by atoms with Crippen molar-refractivity contribution in [2.45, 2.75) is 20.8 Å². The lowest BCUT2D eigenvalue weighted by atomic mass is 9.94. The van der Waals surface area contributed by atoms with Crippen molar-refractivity contribution in [1.29, 1.82) is 5.26 Å². The van der Waals surface area contributed by atoms with E-state index in [-0.39, 0.29) is 5.41 Å². The Morgan fingerprint density at radius 3 is 2.65 bits per heavy atom. The standard InChI is InChI=1S/C14H14N2O/c1-14(2,3)8-10(9-15)13-16-11-6-4-5-7-12(11)17-13/h4-8H,1-3H3/b10-8+. The van der Waals surface area contributed by atoms with E-state index in [0.717, 1.165) is 5.52 Å². The maximum absolute atomic E-state index is 9.15. The summed E-state index contributed by atoms with van der Waals surface area (Å²) in [4.78, 5) is 4.31. The first kappa shape index (κ1) is 11.4. The van der Waals surface area contributed by atoms with Crippen molar-refractivity contribution in [3.05, 3.63) is 36.2 Å². The van der Waals surface area contributed by atoms with E-state index in [1.165, 1.54) is 0 Å². The highest BCUT2D eigenvalue weighted by Gasteiger charge is 2.14. The minimum Gasteiger partial charge on any atom is -0.435 e. The number of para-hydroxylation sites is 2. The van der Waals surface area contributed by atoms with Crippen LogP contribution in [0.15, 0.2) is 34.8 Å². The Kier molecular flexibility index (Phi) is 2.72. The molecule has 0 aliphatic heterocycles. The second-order valence-corrected chi connectivity index (χ2v) is 5.02. The highest BCUT2D eigenvalue weighted by Crippen LogP contribution is 2.25. The van der Waals surface area contributed by atoms with Gasteiger partial charge in [0.2, 0.25) is 5.89 Å². The number of oxazole rings is 1. The predicted molar refractivity (Wildman–Crippen MR) is 67.1 cm³/mol. The van der Waals surface area contributed by atoms with Gasteiger partial charge in [-0.05, 0) is 17.5 Å². The Hall–Kier alpha value is -2.08. The SMILES string of the molecule is CC(C)(C)/C=C(\C#N)c1nc2ccccc2o1. The van der Waals surface area contributed by atoms with Crippen LogP contribution in [0.5, 0.6) is 0 Å². The molecule has 0 fully saturated rings. The normalized spacial score (nSPS) is 12.7. The van der Waals surface area contributed by atoms with Crippen LogP contribution in [0.2, 0.25) is 0 Å². The minimum absolute atomic E-state index is 0.0777. The maximum atomic E-state index is 9.15. The Bertz CT molecular complexity index is 576. The van der Waals surface area contributed by atoms with Crippen molar-refractivity contribution in [3.8, 4) is 6.07 Å². The summed E-state index contributed by atoms with van der Waals surface area (Å²) in [5.41, 5.74) is 1.88. The van der Waals surface area contributed by atoms with Crippen LogP contribution in [-0.2, 0) is 0 Å². The van der Waals surface area contributed by atoms with Gasteiger partial charge in [-0.1, -0.05) is 39.0 Å². The Balaban J connectivity index is 2.52. The molecule has 0 radical (unpaired) electrons. The van der Waals surface area contributed by atoms with Gasteiger partial charge in [-0.25, -0.2) is 4.98 Å². The molecule has 0 atom stereocenters. The molecular weight excluding hydrogens is 212 g/mol. The number of nitrogens with zero attached hydrogens (tertiary/aromatic N) is 2. The van der Waals surface area contributed by atoms with Crippen molar-refractivity contribution >= 4 is 16.7 Å². The number of benzene rings is 1. The number of nitriles is 1. The average Bonchev–Trinajstić information content (AvgIpc) is 2.67. The van der Waals surface area contributed by atoms with E-state index >= 15 is 0 Å². The molecule has 0 N–H and O–H groups in total. The molecule has 0 aliphatic rings. The molecule has 0 bridgehead atoms. The molecule has 0 saturated carbocycles. The number of hydrogen-bond donors (Lipinski definition) is 0. The second-order valence-electron chi connectivity index (χ2n) is 5.02. The van der Waals surface area contributed by atoms with Crippen LogP contribution in [0.25, 0.3) is 16.7 Å². The van der Waals surface area contributed by atoms with E-state index in [2.05, 4.69) is 11.1 Å².